The Hall–Kier alpha value is -1.42. The summed E-state index contributed by atoms with van der Waals surface area (Å²) in [5, 5.41) is 16.8. The molecule has 0 radical (unpaired) electrons. The van der Waals surface area contributed by atoms with Gasteiger partial charge in [0.05, 0.1) is 0 Å². The van der Waals surface area contributed by atoms with Crippen molar-refractivity contribution >= 4 is 0 Å². The van der Waals surface area contributed by atoms with E-state index in [2.05, 4.69) is 0 Å². The summed E-state index contributed by atoms with van der Waals surface area (Å²) in [6.07, 6.45) is 4.66. The second kappa shape index (κ2) is 7.82. The van der Waals surface area contributed by atoms with E-state index in [9.17, 15) is 0 Å². The Kier molecular flexibility index (Phi) is 8.30. The van der Waals surface area contributed by atoms with Crippen LogP contribution in [-0.4, -0.2) is 11.2 Å². The van der Waals surface area contributed by atoms with Crippen LogP contribution in [0.2, 0.25) is 0 Å². The molecule has 4 heteroatoms. The lowest BCUT2D eigenvalue weighted by Gasteiger charge is -2.27. The smallest absolute Gasteiger partial charge is 0.286 e. The molecule has 0 rings (SSSR count). The Bertz CT molecular complexity index is 231. The van der Waals surface area contributed by atoms with Crippen molar-refractivity contribution in [3.63, 3.8) is 0 Å². The molecule has 92 valence electrons. The van der Waals surface area contributed by atoms with Gasteiger partial charge in [0.25, 0.3) is 12.5 Å². The standard InChI is InChI=1S/C10H16N2O2.C2H6/c1-9(2,13-7-11)5-6-10(3,4)14-8-12;1-2/h5-6H2,1-4H3;1-2H3. The molecule has 0 saturated carbocycles. The summed E-state index contributed by atoms with van der Waals surface area (Å²) >= 11 is 0. The van der Waals surface area contributed by atoms with Gasteiger partial charge in [0.2, 0.25) is 0 Å². The zero-order valence-electron chi connectivity index (χ0n) is 11.1. The summed E-state index contributed by atoms with van der Waals surface area (Å²) < 4.78 is 9.74. The number of nitrogens with zero attached hydrogens (tertiary/aromatic N) is 2. The van der Waals surface area contributed by atoms with Crippen molar-refractivity contribution in [2.75, 3.05) is 0 Å². The minimum Gasteiger partial charge on any atom is -0.421 e. The third-order valence-electron chi connectivity index (χ3n) is 1.97. The van der Waals surface area contributed by atoms with Crippen LogP contribution in [0.4, 0.5) is 0 Å². The summed E-state index contributed by atoms with van der Waals surface area (Å²) in [5.74, 6) is 0. The summed E-state index contributed by atoms with van der Waals surface area (Å²) in [6.45, 7) is 11.3. The molecule has 0 saturated heterocycles. The molecule has 0 bridgehead atoms. The van der Waals surface area contributed by atoms with Crippen molar-refractivity contribution in [2.45, 2.75) is 65.6 Å². The molecule has 0 aliphatic heterocycles. The van der Waals surface area contributed by atoms with E-state index >= 15 is 0 Å². The van der Waals surface area contributed by atoms with Crippen LogP contribution in [0.15, 0.2) is 0 Å². The van der Waals surface area contributed by atoms with Crippen molar-refractivity contribution in [3.8, 4) is 12.5 Å². The highest BCUT2D eigenvalue weighted by atomic mass is 16.5. The minimum atomic E-state index is -0.495. The molecule has 0 unspecified atom stereocenters. The molecule has 0 aromatic carbocycles. The summed E-state index contributed by atoms with van der Waals surface area (Å²) in [6, 6.07) is 0. The average molecular weight is 226 g/mol. The maximum absolute atomic E-state index is 8.38. The van der Waals surface area contributed by atoms with E-state index in [1.165, 1.54) is 0 Å². The molecule has 0 aliphatic carbocycles. The van der Waals surface area contributed by atoms with Gasteiger partial charge in [0.1, 0.15) is 11.2 Å². The van der Waals surface area contributed by atoms with E-state index in [0.29, 0.717) is 12.8 Å². The minimum absolute atomic E-state index is 0.495. The van der Waals surface area contributed by atoms with E-state index in [0.717, 1.165) is 0 Å². The fraction of sp³-hybridized carbons (Fsp3) is 0.833. The van der Waals surface area contributed by atoms with Crippen molar-refractivity contribution in [1.29, 1.82) is 10.5 Å². The Labute approximate surface area is 98.8 Å². The summed E-state index contributed by atoms with van der Waals surface area (Å²) in [7, 11) is 0. The van der Waals surface area contributed by atoms with Gasteiger partial charge >= 0.3 is 0 Å². The van der Waals surface area contributed by atoms with Gasteiger partial charge in [-0.1, -0.05) is 13.8 Å². The normalized spacial score (nSPS) is 10.2. The van der Waals surface area contributed by atoms with Crippen LogP contribution in [-0.2, 0) is 9.47 Å². The quantitative estimate of drug-likeness (QED) is 0.674. The highest BCUT2D eigenvalue weighted by molar-refractivity contribution is 4.80. The Balaban J connectivity index is 0. The fourth-order valence-electron chi connectivity index (χ4n) is 0.951. The van der Waals surface area contributed by atoms with Gasteiger partial charge in [-0.05, 0) is 40.5 Å². The van der Waals surface area contributed by atoms with Crippen molar-refractivity contribution in [1.82, 2.24) is 0 Å². The van der Waals surface area contributed by atoms with Crippen molar-refractivity contribution in [3.05, 3.63) is 0 Å². The predicted octanol–water partition coefficient (Wildman–Crippen LogP) is 3.35. The summed E-state index contributed by atoms with van der Waals surface area (Å²) in [4.78, 5) is 0. The molecule has 4 nitrogen and oxygen atoms in total. The zero-order valence-corrected chi connectivity index (χ0v) is 11.1. The van der Waals surface area contributed by atoms with Gasteiger partial charge in [0.15, 0.2) is 0 Å². The second-order valence-corrected chi connectivity index (χ2v) is 4.41. The van der Waals surface area contributed by atoms with Crippen LogP contribution >= 0.6 is 0 Å². The van der Waals surface area contributed by atoms with Gasteiger partial charge in [-0.25, -0.2) is 0 Å². The van der Waals surface area contributed by atoms with E-state index in [1.54, 1.807) is 12.5 Å². The highest BCUT2D eigenvalue weighted by Crippen LogP contribution is 2.24. The van der Waals surface area contributed by atoms with Crippen LogP contribution in [0.1, 0.15) is 54.4 Å². The van der Waals surface area contributed by atoms with E-state index in [4.69, 9.17) is 20.0 Å². The molecule has 0 aromatic heterocycles. The SMILES string of the molecule is CC.CC(C)(CCC(C)(C)OC#N)OC#N. The van der Waals surface area contributed by atoms with Gasteiger partial charge in [-0.3, -0.25) is 0 Å². The first-order valence-electron chi connectivity index (χ1n) is 5.47. The Morgan fingerprint density at radius 3 is 1.25 bits per heavy atom. The number of hydrogen-bond acceptors (Lipinski definition) is 4. The molecule has 0 amide bonds. The van der Waals surface area contributed by atoms with Crippen LogP contribution in [0.5, 0.6) is 0 Å². The lowest BCUT2D eigenvalue weighted by molar-refractivity contribution is 0.0123. The van der Waals surface area contributed by atoms with Gasteiger partial charge < -0.3 is 9.47 Å². The molecule has 16 heavy (non-hydrogen) atoms. The molecule has 0 spiro atoms. The topological polar surface area (TPSA) is 66.0 Å². The zero-order chi connectivity index (χ0) is 13.2. The first-order chi connectivity index (χ1) is 7.33. The number of ether oxygens (including phenoxy) is 2. The second-order valence-electron chi connectivity index (χ2n) is 4.41. The predicted molar refractivity (Wildman–Crippen MR) is 62.1 cm³/mol. The Morgan fingerprint density at radius 2 is 1.06 bits per heavy atom. The monoisotopic (exact) mass is 226 g/mol. The van der Waals surface area contributed by atoms with Crippen molar-refractivity contribution < 1.29 is 9.47 Å². The molecule has 0 heterocycles. The lowest BCUT2D eigenvalue weighted by Crippen LogP contribution is -2.29. The maximum Gasteiger partial charge on any atom is 0.286 e. The lowest BCUT2D eigenvalue weighted by atomic mass is 9.94. The first kappa shape index (κ1) is 17.0. The molecule has 0 aliphatic rings. The first-order valence-corrected chi connectivity index (χ1v) is 5.47. The molecule has 0 fully saturated rings. The maximum atomic E-state index is 8.38. The van der Waals surface area contributed by atoms with E-state index in [-0.39, 0.29) is 0 Å². The average Bonchev–Trinajstić information content (AvgIpc) is 2.18. The molecule has 0 aromatic rings. The van der Waals surface area contributed by atoms with Crippen LogP contribution in [0.3, 0.4) is 0 Å². The van der Waals surface area contributed by atoms with Crippen LogP contribution in [0, 0.1) is 23.0 Å². The number of rotatable bonds is 5. The molecular formula is C12H22N2O2. The third kappa shape index (κ3) is 9.15. The van der Waals surface area contributed by atoms with Crippen LogP contribution in [0.25, 0.3) is 0 Å². The van der Waals surface area contributed by atoms with Crippen LogP contribution < -0.4 is 0 Å². The molecular weight excluding hydrogens is 204 g/mol. The van der Waals surface area contributed by atoms with Gasteiger partial charge in [0, 0.05) is 0 Å². The molecule has 0 atom stereocenters. The summed E-state index contributed by atoms with van der Waals surface area (Å²) in [5.41, 5.74) is -0.990. The van der Waals surface area contributed by atoms with Gasteiger partial charge in [-0.15, -0.1) is 0 Å². The third-order valence-corrected chi connectivity index (χ3v) is 1.97. The molecule has 0 N–H and O–H groups in total. The van der Waals surface area contributed by atoms with E-state index in [1.807, 2.05) is 41.5 Å². The Morgan fingerprint density at radius 1 is 0.812 bits per heavy atom. The highest BCUT2D eigenvalue weighted by Gasteiger charge is 2.26. The van der Waals surface area contributed by atoms with Gasteiger partial charge in [-0.2, -0.15) is 10.5 Å². The largest absolute Gasteiger partial charge is 0.421 e. The van der Waals surface area contributed by atoms with Crippen molar-refractivity contribution in [2.24, 2.45) is 0 Å². The van der Waals surface area contributed by atoms with E-state index < -0.39 is 11.2 Å². The fourth-order valence-corrected chi connectivity index (χ4v) is 0.951. The number of hydrogen-bond donors (Lipinski definition) is 0. The number of nitriles is 2.